The molecule has 0 saturated heterocycles. The van der Waals surface area contributed by atoms with E-state index >= 15 is 0 Å². The predicted molar refractivity (Wildman–Crippen MR) is 70.9 cm³/mol. The topological polar surface area (TPSA) is 75.6 Å². The van der Waals surface area contributed by atoms with Gasteiger partial charge in [0.05, 0.1) is 11.8 Å². The molecule has 2 N–H and O–H groups in total. The molecule has 0 atom stereocenters. The first-order chi connectivity index (χ1) is 9.20. The Morgan fingerprint density at radius 2 is 2.32 bits per heavy atom. The Bertz CT molecular complexity index is 625. The van der Waals surface area contributed by atoms with Crippen molar-refractivity contribution in [3.05, 3.63) is 23.3 Å². The lowest BCUT2D eigenvalue weighted by molar-refractivity contribution is 0.0951. The molecule has 6 nitrogen and oxygen atoms in total. The van der Waals surface area contributed by atoms with Gasteiger partial charge in [-0.2, -0.15) is 5.10 Å². The van der Waals surface area contributed by atoms with Crippen LogP contribution in [0.1, 0.15) is 35.2 Å². The molecular weight excluding hydrogens is 242 g/mol. The van der Waals surface area contributed by atoms with Gasteiger partial charge in [-0.3, -0.25) is 9.48 Å². The Morgan fingerprint density at radius 3 is 3.05 bits per heavy atom. The first kappa shape index (κ1) is 12.0. The number of H-pyrrole nitrogens is 1. The molecule has 2 aromatic rings. The second kappa shape index (κ2) is 4.53. The molecule has 0 bridgehead atoms. The fraction of sp³-hybridized carbons (Fsp3) is 0.462. The number of aryl methyl sites for hydroxylation is 2. The first-order valence-corrected chi connectivity index (χ1v) is 6.60. The normalized spacial score (nSPS) is 14.9. The van der Waals surface area contributed by atoms with Crippen molar-refractivity contribution in [2.24, 2.45) is 0 Å². The highest BCUT2D eigenvalue weighted by Crippen LogP contribution is 2.23. The Labute approximate surface area is 111 Å². The molecule has 2 aromatic heterocycles. The number of imidazole rings is 1. The fourth-order valence-electron chi connectivity index (χ4n) is 2.45. The van der Waals surface area contributed by atoms with Gasteiger partial charge in [0, 0.05) is 24.5 Å². The van der Waals surface area contributed by atoms with E-state index in [-0.39, 0.29) is 5.91 Å². The van der Waals surface area contributed by atoms with Gasteiger partial charge in [-0.1, -0.05) is 0 Å². The second-order valence-corrected chi connectivity index (χ2v) is 4.73. The zero-order valence-electron chi connectivity index (χ0n) is 11.2. The van der Waals surface area contributed by atoms with Crippen molar-refractivity contribution >= 4 is 5.91 Å². The largest absolute Gasteiger partial charge is 0.351 e. The number of carbonyl (C=O) groups excluding carboxylic acids is 1. The molecule has 6 heteroatoms. The number of aromatic amines is 1. The molecule has 0 spiro atoms. The van der Waals surface area contributed by atoms with E-state index in [0.29, 0.717) is 12.2 Å². The highest BCUT2D eigenvalue weighted by atomic mass is 16.1. The third-order valence-electron chi connectivity index (χ3n) is 3.54. The van der Waals surface area contributed by atoms with Crippen molar-refractivity contribution in [2.75, 3.05) is 6.54 Å². The minimum absolute atomic E-state index is 0.0875. The van der Waals surface area contributed by atoms with Crippen LogP contribution in [-0.4, -0.2) is 32.2 Å². The number of fused-ring (bicyclic) bond motifs is 1. The maximum absolute atomic E-state index is 11.9. The Kier molecular flexibility index (Phi) is 2.85. The lowest BCUT2D eigenvalue weighted by Crippen LogP contribution is -2.23. The predicted octanol–water partition coefficient (Wildman–Crippen LogP) is 1.28. The van der Waals surface area contributed by atoms with E-state index in [2.05, 4.69) is 27.3 Å². The van der Waals surface area contributed by atoms with Crippen molar-refractivity contribution in [3.8, 4) is 11.4 Å². The van der Waals surface area contributed by atoms with Crippen LogP contribution >= 0.6 is 0 Å². The number of aromatic nitrogens is 4. The van der Waals surface area contributed by atoms with Crippen molar-refractivity contribution in [1.82, 2.24) is 25.1 Å². The SMILES string of the molecule is CCn1ncc(-c2nc3c([nH]2)CCCNC3=O)c1C. The van der Waals surface area contributed by atoms with E-state index in [1.54, 1.807) is 6.20 Å². The summed E-state index contributed by atoms with van der Waals surface area (Å²) in [6.07, 6.45) is 3.59. The standard InChI is InChI=1S/C13H17N5O/c1-3-18-8(2)9(7-15-18)12-16-10-5-4-6-14-13(19)11(10)17-12/h7H,3-6H2,1-2H3,(H,14,19)(H,16,17). The highest BCUT2D eigenvalue weighted by Gasteiger charge is 2.21. The van der Waals surface area contributed by atoms with Gasteiger partial charge in [-0.25, -0.2) is 4.98 Å². The molecule has 0 fully saturated rings. The summed E-state index contributed by atoms with van der Waals surface area (Å²) >= 11 is 0. The van der Waals surface area contributed by atoms with Gasteiger partial charge in [0.2, 0.25) is 0 Å². The van der Waals surface area contributed by atoms with Gasteiger partial charge in [0.1, 0.15) is 11.5 Å². The Balaban J connectivity index is 2.05. The third kappa shape index (κ3) is 1.93. The highest BCUT2D eigenvalue weighted by molar-refractivity contribution is 5.94. The summed E-state index contributed by atoms with van der Waals surface area (Å²) in [4.78, 5) is 19.6. The first-order valence-electron chi connectivity index (χ1n) is 6.60. The number of nitrogens with one attached hydrogen (secondary N) is 2. The molecule has 0 aromatic carbocycles. The molecule has 1 amide bonds. The average Bonchev–Trinajstić information content (AvgIpc) is 2.93. The Hall–Kier alpha value is -2.11. The molecule has 0 unspecified atom stereocenters. The van der Waals surface area contributed by atoms with E-state index in [1.165, 1.54) is 0 Å². The van der Waals surface area contributed by atoms with Crippen molar-refractivity contribution in [3.63, 3.8) is 0 Å². The minimum Gasteiger partial charge on any atom is -0.351 e. The summed E-state index contributed by atoms with van der Waals surface area (Å²) in [5.41, 5.74) is 3.47. The molecule has 1 aliphatic heterocycles. The fourth-order valence-corrected chi connectivity index (χ4v) is 2.45. The van der Waals surface area contributed by atoms with Crippen LogP contribution in [-0.2, 0) is 13.0 Å². The maximum Gasteiger partial charge on any atom is 0.271 e. The van der Waals surface area contributed by atoms with Gasteiger partial charge in [0.15, 0.2) is 0 Å². The summed E-state index contributed by atoms with van der Waals surface area (Å²) in [7, 11) is 0. The summed E-state index contributed by atoms with van der Waals surface area (Å²) in [5, 5.41) is 7.16. The minimum atomic E-state index is -0.0875. The third-order valence-corrected chi connectivity index (χ3v) is 3.54. The van der Waals surface area contributed by atoms with Crippen LogP contribution in [0.5, 0.6) is 0 Å². The molecule has 3 rings (SSSR count). The number of amides is 1. The van der Waals surface area contributed by atoms with E-state index in [4.69, 9.17) is 0 Å². The van der Waals surface area contributed by atoms with E-state index in [1.807, 2.05) is 11.6 Å². The van der Waals surface area contributed by atoms with E-state index in [0.717, 1.165) is 42.2 Å². The molecule has 19 heavy (non-hydrogen) atoms. The van der Waals surface area contributed by atoms with Crippen molar-refractivity contribution in [1.29, 1.82) is 0 Å². The molecular formula is C13H17N5O. The summed E-state index contributed by atoms with van der Waals surface area (Å²) in [5.74, 6) is 0.648. The van der Waals surface area contributed by atoms with Crippen LogP contribution in [0.3, 0.4) is 0 Å². The number of hydrogen-bond donors (Lipinski definition) is 2. The van der Waals surface area contributed by atoms with Crippen molar-refractivity contribution in [2.45, 2.75) is 33.2 Å². The van der Waals surface area contributed by atoms with Gasteiger partial charge in [-0.05, 0) is 26.7 Å². The van der Waals surface area contributed by atoms with E-state index < -0.39 is 0 Å². The molecule has 0 radical (unpaired) electrons. The monoisotopic (exact) mass is 259 g/mol. The van der Waals surface area contributed by atoms with Gasteiger partial charge in [-0.15, -0.1) is 0 Å². The van der Waals surface area contributed by atoms with E-state index in [9.17, 15) is 4.79 Å². The zero-order valence-corrected chi connectivity index (χ0v) is 11.2. The van der Waals surface area contributed by atoms with Gasteiger partial charge >= 0.3 is 0 Å². The van der Waals surface area contributed by atoms with Crippen LogP contribution in [0.15, 0.2) is 6.20 Å². The molecule has 1 aliphatic rings. The van der Waals surface area contributed by atoms with Crippen LogP contribution in [0, 0.1) is 6.92 Å². The lowest BCUT2D eigenvalue weighted by Gasteiger charge is -2.00. The van der Waals surface area contributed by atoms with Gasteiger partial charge < -0.3 is 10.3 Å². The van der Waals surface area contributed by atoms with Crippen LogP contribution in [0.2, 0.25) is 0 Å². The summed E-state index contributed by atoms with van der Waals surface area (Å²) in [6.45, 7) is 5.60. The molecule has 100 valence electrons. The quantitative estimate of drug-likeness (QED) is 0.853. The number of nitrogens with zero attached hydrogens (tertiary/aromatic N) is 3. The van der Waals surface area contributed by atoms with Crippen LogP contribution < -0.4 is 5.32 Å². The molecule has 0 aliphatic carbocycles. The number of rotatable bonds is 2. The van der Waals surface area contributed by atoms with Crippen LogP contribution in [0.25, 0.3) is 11.4 Å². The van der Waals surface area contributed by atoms with Crippen LogP contribution in [0.4, 0.5) is 0 Å². The maximum atomic E-state index is 11.9. The van der Waals surface area contributed by atoms with Gasteiger partial charge in [0.25, 0.3) is 5.91 Å². The zero-order chi connectivity index (χ0) is 13.4. The summed E-state index contributed by atoms with van der Waals surface area (Å²) in [6, 6.07) is 0. The Morgan fingerprint density at radius 1 is 1.47 bits per heavy atom. The molecule has 3 heterocycles. The number of carbonyl (C=O) groups is 1. The molecule has 0 saturated carbocycles. The summed E-state index contributed by atoms with van der Waals surface area (Å²) < 4.78 is 1.92. The second-order valence-electron chi connectivity index (χ2n) is 4.73. The lowest BCUT2D eigenvalue weighted by atomic mass is 10.2. The smallest absolute Gasteiger partial charge is 0.271 e. The number of hydrogen-bond acceptors (Lipinski definition) is 3. The van der Waals surface area contributed by atoms with Crippen molar-refractivity contribution < 1.29 is 4.79 Å². The average molecular weight is 259 g/mol.